The van der Waals surface area contributed by atoms with Gasteiger partial charge in [-0.05, 0) is 25.5 Å². The summed E-state index contributed by atoms with van der Waals surface area (Å²) in [4.78, 5) is 17.9. The van der Waals surface area contributed by atoms with Gasteiger partial charge in [-0.2, -0.15) is 0 Å². The zero-order valence-electron chi connectivity index (χ0n) is 9.08. The van der Waals surface area contributed by atoms with E-state index in [0.717, 1.165) is 30.2 Å². The third-order valence-corrected chi connectivity index (χ3v) is 2.57. The summed E-state index contributed by atoms with van der Waals surface area (Å²) in [5, 5.41) is 2.88. The topological polar surface area (TPSA) is 45.2 Å². The van der Waals surface area contributed by atoms with Gasteiger partial charge in [0.05, 0.1) is 5.69 Å². The first-order valence-electron chi connectivity index (χ1n) is 5.22. The van der Waals surface area contributed by atoms with Crippen LogP contribution < -0.4 is 10.2 Å². The van der Waals surface area contributed by atoms with Crippen molar-refractivity contribution in [1.82, 2.24) is 4.98 Å². The molecule has 0 aliphatic carbocycles. The van der Waals surface area contributed by atoms with E-state index in [1.807, 2.05) is 19.2 Å². The molecule has 1 N–H and O–H groups in total. The summed E-state index contributed by atoms with van der Waals surface area (Å²) >= 11 is 0. The van der Waals surface area contributed by atoms with Crippen LogP contribution in [0.4, 0.5) is 11.5 Å². The molecule has 0 radical (unpaired) electrons. The van der Waals surface area contributed by atoms with Crippen LogP contribution in [0.25, 0.3) is 0 Å². The third-order valence-electron chi connectivity index (χ3n) is 2.57. The zero-order valence-corrected chi connectivity index (χ0v) is 9.08. The monoisotopic (exact) mass is 205 g/mol. The third kappa shape index (κ3) is 1.93. The second kappa shape index (κ2) is 3.88. The van der Waals surface area contributed by atoms with Crippen molar-refractivity contribution in [2.45, 2.75) is 20.3 Å². The number of carbonyl (C=O) groups excluding carboxylic acids is 1. The number of hydrogen-bond donors (Lipinski definition) is 1. The molecule has 2 rings (SSSR count). The summed E-state index contributed by atoms with van der Waals surface area (Å²) in [6, 6.07) is 1.97. The van der Waals surface area contributed by atoms with Crippen molar-refractivity contribution in [3.8, 4) is 0 Å². The lowest BCUT2D eigenvalue weighted by atomic mass is 10.2. The predicted octanol–water partition coefficient (Wildman–Crippen LogP) is 1.56. The molecule has 0 fully saturated rings. The van der Waals surface area contributed by atoms with E-state index >= 15 is 0 Å². The first kappa shape index (κ1) is 9.96. The Labute approximate surface area is 89.3 Å². The number of anilines is 2. The zero-order chi connectivity index (χ0) is 10.8. The molecule has 1 aliphatic heterocycles. The lowest BCUT2D eigenvalue weighted by molar-refractivity contribution is -0.115. The van der Waals surface area contributed by atoms with Crippen LogP contribution in [0.1, 0.15) is 18.9 Å². The molecule has 0 aromatic carbocycles. The number of aromatic nitrogens is 1. The molecule has 1 aromatic rings. The summed E-state index contributed by atoms with van der Waals surface area (Å²) in [6.45, 7) is 5.66. The summed E-state index contributed by atoms with van der Waals surface area (Å²) in [6.07, 6.45) is 2.36. The van der Waals surface area contributed by atoms with Crippen LogP contribution >= 0.6 is 0 Å². The van der Waals surface area contributed by atoms with E-state index in [4.69, 9.17) is 0 Å². The highest BCUT2D eigenvalue weighted by atomic mass is 16.1. The number of hydrogen-bond acceptors (Lipinski definition) is 3. The van der Waals surface area contributed by atoms with Crippen molar-refractivity contribution in [3.05, 3.63) is 17.8 Å². The number of pyridine rings is 1. The van der Waals surface area contributed by atoms with Gasteiger partial charge in [-0.15, -0.1) is 0 Å². The number of aryl methyl sites for hydroxylation is 1. The largest absolute Gasteiger partial charge is 0.355 e. The van der Waals surface area contributed by atoms with Gasteiger partial charge in [0.25, 0.3) is 0 Å². The Kier molecular flexibility index (Phi) is 2.58. The molecule has 0 spiro atoms. The minimum absolute atomic E-state index is 0.0691. The van der Waals surface area contributed by atoms with E-state index in [9.17, 15) is 4.79 Å². The molecule has 0 saturated heterocycles. The summed E-state index contributed by atoms with van der Waals surface area (Å²) < 4.78 is 0. The molecule has 1 aliphatic rings. The van der Waals surface area contributed by atoms with Crippen LogP contribution in [0.5, 0.6) is 0 Å². The standard InChI is InChI=1S/C11H15N3O/c1-3-14-5-4-10(15)13-9-6-8(2)7-12-11(9)14/h6-7H,3-5H2,1-2H3,(H,13,15). The average Bonchev–Trinajstić information content (AvgIpc) is 2.35. The van der Waals surface area contributed by atoms with E-state index in [0.29, 0.717) is 6.42 Å². The summed E-state index contributed by atoms with van der Waals surface area (Å²) in [5.74, 6) is 0.952. The summed E-state index contributed by atoms with van der Waals surface area (Å²) in [7, 11) is 0. The van der Waals surface area contributed by atoms with Crippen molar-refractivity contribution < 1.29 is 4.79 Å². The second-order valence-corrected chi connectivity index (χ2v) is 3.76. The minimum Gasteiger partial charge on any atom is -0.355 e. The van der Waals surface area contributed by atoms with Crippen molar-refractivity contribution in [2.75, 3.05) is 23.3 Å². The van der Waals surface area contributed by atoms with Crippen LogP contribution in [-0.2, 0) is 4.79 Å². The van der Waals surface area contributed by atoms with Gasteiger partial charge in [-0.3, -0.25) is 4.79 Å². The maximum Gasteiger partial charge on any atom is 0.226 e. The van der Waals surface area contributed by atoms with Gasteiger partial charge < -0.3 is 10.2 Å². The molecule has 1 amide bonds. The number of amides is 1. The van der Waals surface area contributed by atoms with Crippen molar-refractivity contribution in [3.63, 3.8) is 0 Å². The van der Waals surface area contributed by atoms with E-state index in [-0.39, 0.29) is 5.91 Å². The number of nitrogens with one attached hydrogen (secondary N) is 1. The van der Waals surface area contributed by atoms with Crippen LogP contribution in [0.3, 0.4) is 0 Å². The highest BCUT2D eigenvalue weighted by Crippen LogP contribution is 2.26. The minimum atomic E-state index is 0.0691. The normalized spacial score (nSPS) is 15.6. The number of carbonyl (C=O) groups is 1. The highest BCUT2D eigenvalue weighted by Gasteiger charge is 2.18. The van der Waals surface area contributed by atoms with Gasteiger partial charge in [-0.1, -0.05) is 0 Å². The molecule has 4 heteroatoms. The molecule has 0 unspecified atom stereocenters. The Bertz CT molecular complexity index is 389. The van der Waals surface area contributed by atoms with Crippen molar-refractivity contribution in [2.24, 2.45) is 0 Å². The van der Waals surface area contributed by atoms with E-state index in [2.05, 4.69) is 22.1 Å². The van der Waals surface area contributed by atoms with Crippen molar-refractivity contribution in [1.29, 1.82) is 0 Å². The number of rotatable bonds is 1. The van der Waals surface area contributed by atoms with Gasteiger partial charge in [-0.25, -0.2) is 4.98 Å². The Morgan fingerprint density at radius 2 is 2.40 bits per heavy atom. The summed E-state index contributed by atoms with van der Waals surface area (Å²) in [5.41, 5.74) is 1.89. The van der Waals surface area contributed by atoms with Crippen molar-refractivity contribution >= 4 is 17.4 Å². The Morgan fingerprint density at radius 3 is 3.13 bits per heavy atom. The highest BCUT2D eigenvalue weighted by molar-refractivity contribution is 5.95. The van der Waals surface area contributed by atoms with Crippen LogP contribution in [0.15, 0.2) is 12.3 Å². The average molecular weight is 205 g/mol. The van der Waals surface area contributed by atoms with E-state index < -0.39 is 0 Å². The fraction of sp³-hybridized carbons (Fsp3) is 0.455. The molecule has 0 saturated carbocycles. The van der Waals surface area contributed by atoms with E-state index in [1.54, 1.807) is 0 Å². The Hall–Kier alpha value is -1.58. The van der Waals surface area contributed by atoms with Crippen LogP contribution in [-0.4, -0.2) is 24.0 Å². The van der Waals surface area contributed by atoms with Crippen LogP contribution in [0, 0.1) is 6.92 Å². The van der Waals surface area contributed by atoms with Gasteiger partial charge in [0.2, 0.25) is 5.91 Å². The molecule has 0 atom stereocenters. The number of nitrogens with zero attached hydrogens (tertiary/aromatic N) is 2. The van der Waals surface area contributed by atoms with Gasteiger partial charge in [0.1, 0.15) is 0 Å². The first-order chi connectivity index (χ1) is 7.20. The molecule has 2 heterocycles. The fourth-order valence-corrected chi connectivity index (χ4v) is 1.77. The SMILES string of the molecule is CCN1CCC(=O)Nc2cc(C)cnc21. The van der Waals surface area contributed by atoms with Gasteiger partial charge in [0.15, 0.2) is 5.82 Å². The Morgan fingerprint density at radius 1 is 1.60 bits per heavy atom. The van der Waals surface area contributed by atoms with Crippen LogP contribution in [0.2, 0.25) is 0 Å². The molecule has 1 aromatic heterocycles. The maximum atomic E-state index is 11.5. The lowest BCUT2D eigenvalue weighted by Crippen LogP contribution is -2.24. The maximum absolute atomic E-state index is 11.5. The molecule has 15 heavy (non-hydrogen) atoms. The number of fused-ring (bicyclic) bond motifs is 1. The molecule has 4 nitrogen and oxygen atoms in total. The smallest absolute Gasteiger partial charge is 0.226 e. The molecular weight excluding hydrogens is 190 g/mol. The Balaban J connectivity index is 2.44. The predicted molar refractivity (Wildman–Crippen MR) is 60.1 cm³/mol. The van der Waals surface area contributed by atoms with E-state index in [1.165, 1.54) is 0 Å². The fourth-order valence-electron chi connectivity index (χ4n) is 1.77. The second-order valence-electron chi connectivity index (χ2n) is 3.76. The molecular formula is C11H15N3O. The quantitative estimate of drug-likeness (QED) is 0.756. The first-order valence-corrected chi connectivity index (χ1v) is 5.22. The molecule has 80 valence electrons. The lowest BCUT2D eigenvalue weighted by Gasteiger charge is -2.20. The van der Waals surface area contributed by atoms with Gasteiger partial charge >= 0.3 is 0 Å². The van der Waals surface area contributed by atoms with Gasteiger partial charge in [0, 0.05) is 25.7 Å². The molecule has 0 bridgehead atoms.